The fraction of sp³-hybridized carbons (Fsp3) is 0. The van der Waals surface area contributed by atoms with Crippen LogP contribution in [0.4, 0.5) is 0 Å². The van der Waals surface area contributed by atoms with Crippen molar-refractivity contribution in [1.29, 1.82) is 0 Å². The second-order valence-electron chi connectivity index (χ2n) is 1.36. The molecule has 0 amide bonds. The van der Waals surface area contributed by atoms with Crippen molar-refractivity contribution in [3.63, 3.8) is 0 Å². The van der Waals surface area contributed by atoms with Gasteiger partial charge in [0, 0.05) is 5.70 Å². The Bertz CT molecular complexity index is 160. The summed E-state index contributed by atoms with van der Waals surface area (Å²) in [5.74, 6) is 4.79. The van der Waals surface area contributed by atoms with Gasteiger partial charge in [0.05, 0.1) is 0 Å². The summed E-state index contributed by atoms with van der Waals surface area (Å²) in [6.45, 7) is 3.40. The van der Waals surface area contributed by atoms with E-state index in [0.717, 1.165) is 0 Å². The van der Waals surface area contributed by atoms with Crippen LogP contribution >= 0.6 is 11.6 Å². The number of hydrogen-bond donors (Lipinski definition) is 2. The van der Waals surface area contributed by atoms with Gasteiger partial charge in [-0.05, 0) is 12.2 Å². The lowest BCUT2D eigenvalue weighted by Crippen LogP contribution is -1.92. The highest BCUT2D eigenvalue weighted by atomic mass is 35.5. The summed E-state index contributed by atoms with van der Waals surface area (Å²) >= 11 is 5.35. The Morgan fingerprint density at radius 1 is 1.56 bits per heavy atom. The Labute approximate surface area is 58.7 Å². The molecule has 0 aromatic rings. The molecule has 0 saturated heterocycles. The molecule has 50 valence electrons. The molecule has 0 aromatic heterocycles. The van der Waals surface area contributed by atoms with Gasteiger partial charge in [0.15, 0.2) is 0 Å². The van der Waals surface area contributed by atoms with Crippen molar-refractivity contribution in [1.82, 2.24) is 0 Å². The van der Waals surface area contributed by atoms with Crippen molar-refractivity contribution < 1.29 is 0 Å². The van der Waals surface area contributed by atoms with Gasteiger partial charge in [0.2, 0.25) is 0 Å². The highest BCUT2D eigenvalue weighted by Crippen LogP contribution is 1.87. The van der Waals surface area contributed by atoms with Crippen LogP contribution in [-0.4, -0.2) is 5.17 Å². The Morgan fingerprint density at radius 3 is 2.44 bits per heavy atom. The lowest BCUT2D eigenvalue weighted by molar-refractivity contribution is 1.26. The average molecular weight is 146 g/mol. The molecule has 3 nitrogen and oxygen atoms in total. The first-order chi connectivity index (χ1) is 4.16. The molecule has 0 spiro atoms. The van der Waals surface area contributed by atoms with Gasteiger partial charge in [-0.25, -0.2) is 0 Å². The van der Waals surface area contributed by atoms with E-state index < -0.39 is 0 Å². The van der Waals surface area contributed by atoms with Crippen LogP contribution in [0.1, 0.15) is 0 Å². The summed E-state index contributed by atoms with van der Waals surface area (Å²) in [5, 5.41) is 3.35. The number of hydrazone groups is 1. The van der Waals surface area contributed by atoms with Crippen molar-refractivity contribution in [3.8, 4) is 0 Å². The minimum absolute atomic E-state index is 0.196. The van der Waals surface area contributed by atoms with E-state index in [-0.39, 0.29) is 5.17 Å². The fourth-order valence-electron chi connectivity index (χ4n) is 0.219. The van der Waals surface area contributed by atoms with Gasteiger partial charge >= 0.3 is 0 Å². The predicted octanol–water partition coefficient (Wildman–Crippen LogP) is 0.526. The number of rotatable bonds is 2. The van der Waals surface area contributed by atoms with Gasteiger partial charge in [0.1, 0.15) is 5.17 Å². The van der Waals surface area contributed by atoms with Crippen molar-refractivity contribution in [2.45, 2.75) is 0 Å². The van der Waals surface area contributed by atoms with Crippen LogP contribution in [0.5, 0.6) is 0 Å². The van der Waals surface area contributed by atoms with Crippen molar-refractivity contribution >= 4 is 16.8 Å². The van der Waals surface area contributed by atoms with Crippen LogP contribution in [0, 0.1) is 0 Å². The molecule has 0 heterocycles. The molecule has 0 bridgehead atoms. The fourth-order valence-corrected chi connectivity index (χ4v) is 0.282. The second kappa shape index (κ2) is 3.97. The van der Waals surface area contributed by atoms with Crippen LogP contribution in [0.2, 0.25) is 0 Å². The number of hydrogen-bond acceptors (Lipinski definition) is 3. The maximum absolute atomic E-state index is 5.35. The Morgan fingerprint density at radius 2 is 2.11 bits per heavy atom. The lowest BCUT2D eigenvalue weighted by Gasteiger charge is -1.84. The van der Waals surface area contributed by atoms with Crippen molar-refractivity contribution in [3.05, 3.63) is 24.4 Å². The summed E-state index contributed by atoms with van der Waals surface area (Å²) in [5.41, 5.74) is 5.57. The zero-order valence-electron chi connectivity index (χ0n) is 4.84. The van der Waals surface area contributed by atoms with Crippen molar-refractivity contribution in [2.24, 2.45) is 16.7 Å². The first kappa shape index (κ1) is 8.04. The zero-order valence-corrected chi connectivity index (χ0v) is 5.60. The first-order valence-electron chi connectivity index (χ1n) is 2.22. The van der Waals surface area contributed by atoms with Crippen LogP contribution < -0.4 is 11.6 Å². The van der Waals surface area contributed by atoms with E-state index >= 15 is 0 Å². The van der Waals surface area contributed by atoms with E-state index in [1.165, 1.54) is 12.2 Å². The van der Waals surface area contributed by atoms with E-state index in [4.69, 9.17) is 23.2 Å². The molecule has 0 atom stereocenters. The Balaban J connectivity index is 3.86. The molecule has 4 N–H and O–H groups in total. The molecule has 9 heavy (non-hydrogen) atoms. The maximum Gasteiger partial charge on any atom is 0.148 e. The Hall–Kier alpha value is -0.960. The molecule has 0 radical (unpaired) electrons. The van der Waals surface area contributed by atoms with Crippen LogP contribution in [-0.2, 0) is 0 Å². The summed E-state index contributed by atoms with van der Waals surface area (Å²) in [6, 6.07) is 0. The van der Waals surface area contributed by atoms with E-state index in [1.807, 2.05) is 0 Å². The zero-order chi connectivity index (χ0) is 7.28. The van der Waals surface area contributed by atoms with Gasteiger partial charge in [-0.15, -0.1) is 0 Å². The van der Waals surface area contributed by atoms with E-state index in [0.29, 0.717) is 5.70 Å². The molecule has 0 unspecified atom stereocenters. The van der Waals surface area contributed by atoms with Crippen molar-refractivity contribution in [2.75, 3.05) is 0 Å². The van der Waals surface area contributed by atoms with Crippen LogP contribution in [0.25, 0.3) is 0 Å². The number of allylic oxidation sites excluding steroid dienone is 2. The smallest absolute Gasteiger partial charge is 0.148 e. The second-order valence-corrected chi connectivity index (χ2v) is 1.75. The SMILES string of the molecule is C=C(N)/C=C\C(Cl)=N/N. The molecule has 0 saturated carbocycles. The summed E-state index contributed by atoms with van der Waals surface area (Å²) in [4.78, 5) is 0. The largest absolute Gasteiger partial charge is 0.399 e. The molecule has 0 rings (SSSR count). The van der Waals surface area contributed by atoms with Gasteiger partial charge in [-0.2, -0.15) is 5.10 Å². The van der Waals surface area contributed by atoms with Gasteiger partial charge in [0.25, 0.3) is 0 Å². The quantitative estimate of drug-likeness (QED) is 0.258. The monoisotopic (exact) mass is 145 g/mol. The third kappa shape index (κ3) is 4.90. The molecule has 0 aromatic carbocycles. The minimum atomic E-state index is 0.196. The standard InChI is InChI=1S/C5H8ClN3/c1-4(7)2-3-5(6)9-8/h2-3H,1,7-8H2/b3-2-,9-5+. The minimum Gasteiger partial charge on any atom is -0.399 e. The van der Waals surface area contributed by atoms with Gasteiger partial charge in [-0.3, -0.25) is 0 Å². The van der Waals surface area contributed by atoms with Gasteiger partial charge in [-0.1, -0.05) is 18.2 Å². The number of nitrogens with two attached hydrogens (primary N) is 2. The molecular weight excluding hydrogens is 138 g/mol. The lowest BCUT2D eigenvalue weighted by atomic mass is 10.4. The van der Waals surface area contributed by atoms with Crippen LogP contribution in [0.15, 0.2) is 29.5 Å². The maximum atomic E-state index is 5.35. The number of halogens is 1. The average Bonchev–Trinajstić information content (AvgIpc) is 1.83. The van der Waals surface area contributed by atoms with E-state index in [1.54, 1.807) is 0 Å². The number of nitrogens with zero attached hydrogens (tertiary/aromatic N) is 1. The van der Waals surface area contributed by atoms with Crippen LogP contribution in [0.3, 0.4) is 0 Å². The molecule has 4 heteroatoms. The third-order valence-electron chi connectivity index (χ3n) is 0.558. The normalized spacial score (nSPS) is 12.3. The molecular formula is C5H8ClN3. The topological polar surface area (TPSA) is 64.4 Å². The summed E-state index contributed by atoms with van der Waals surface area (Å²) < 4.78 is 0. The summed E-state index contributed by atoms with van der Waals surface area (Å²) in [7, 11) is 0. The molecule has 0 aliphatic heterocycles. The first-order valence-corrected chi connectivity index (χ1v) is 2.60. The molecule has 0 fully saturated rings. The Kier molecular flexibility index (Phi) is 3.55. The predicted molar refractivity (Wildman–Crippen MR) is 39.9 cm³/mol. The molecule has 0 aliphatic carbocycles. The van der Waals surface area contributed by atoms with E-state index in [2.05, 4.69) is 11.7 Å². The molecule has 0 aliphatic rings. The highest BCUT2D eigenvalue weighted by Gasteiger charge is 1.81. The van der Waals surface area contributed by atoms with E-state index in [9.17, 15) is 0 Å². The summed E-state index contributed by atoms with van der Waals surface area (Å²) in [6.07, 6.45) is 2.97. The van der Waals surface area contributed by atoms with Gasteiger partial charge < -0.3 is 11.6 Å². The highest BCUT2D eigenvalue weighted by molar-refractivity contribution is 6.68. The third-order valence-corrected chi connectivity index (χ3v) is 0.782.